The number of fused-ring (bicyclic) bond motifs is 1. The van der Waals surface area contributed by atoms with Crippen molar-refractivity contribution in [2.75, 3.05) is 19.7 Å². The Bertz CT molecular complexity index is 492. The maximum absolute atomic E-state index is 12.0. The van der Waals surface area contributed by atoms with E-state index in [4.69, 9.17) is 5.11 Å². The fourth-order valence-corrected chi connectivity index (χ4v) is 1.94. The molecule has 0 bridgehead atoms. The van der Waals surface area contributed by atoms with Gasteiger partial charge in [0.05, 0.1) is 17.7 Å². The third kappa shape index (κ3) is 2.63. The lowest BCUT2D eigenvalue weighted by atomic mass is 10.1. The van der Waals surface area contributed by atoms with Gasteiger partial charge in [0.1, 0.15) is 0 Å². The van der Waals surface area contributed by atoms with Gasteiger partial charge < -0.3 is 10.4 Å². The van der Waals surface area contributed by atoms with Crippen LogP contribution < -0.4 is 5.32 Å². The van der Waals surface area contributed by atoms with E-state index in [0.29, 0.717) is 11.1 Å². The first-order valence-electron chi connectivity index (χ1n) is 5.98. The number of nitrogens with one attached hydrogen (secondary N) is 1. The first-order chi connectivity index (χ1) is 9.15. The van der Waals surface area contributed by atoms with Crippen molar-refractivity contribution in [1.29, 1.82) is 0 Å². The maximum atomic E-state index is 12.0. The first kappa shape index (κ1) is 13.2. The molecule has 2 rings (SSSR count). The summed E-state index contributed by atoms with van der Waals surface area (Å²) < 4.78 is 0. The zero-order valence-electron chi connectivity index (χ0n) is 10.3. The van der Waals surface area contributed by atoms with E-state index >= 15 is 0 Å². The molecule has 0 spiro atoms. The lowest BCUT2D eigenvalue weighted by molar-refractivity contribution is -0.121. The number of hydrogen-bond acceptors (Lipinski definition) is 4. The Morgan fingerprint density at radius 2 is 1.74 bits per heavy atom. The largest absolute Gasteiger partial charge is 0.395 e. The fraction of sp³-hybridized carbons (Fsp3) is 0.308. The quantitative estimate of drug-likeness (QED) is 0.718. The number of aliphatic hydroxyl groups excluding tert-OH is 1. The molecule has 0 atom stereocenters. The van der Waals surface area contributed by atoms with Gasteiger partial charge in [-0.3, -0.25) is 19.3 Å². The SMILES string of the molecule is O=C(CCN1C(=O)c2ccccc2C1=O)NCCO. The van der Waals surface area contributed by atoms with Gasteiger partial charge in [-0.1, -0.05) is 12.1 Å². The summed E-state index contributed by atoms with van der Waals surface area (Å²) in [6.07, 6.45) is 0.0332. The first-order valence-corrected chi connectivity index (χ1v) is 5.98. The average molecular weight is 262 g/mol. The Balaban J connectivity index is 1.99. The molecule has 1 aliphatic heterocycles. The molecule has 0 radical (unpaired) electrons. The predicted molar refractivity (Wildman–Crippen MR) is 66.5 cm³/mol. The van der Waals surface area contributed by atoms with Crippen LogP contribution in [0.5, 0.6) is 0 Å². The second kappa shape index (κ2) is 5.62. The van der Waals surface area contributed by atoms with E-state index in [-0.39, 0.29) is 43.8 Å². The molecule has 2 N–H and O–H groups in total. The number of hydrogen-bond donors (Lipinski definition) is 2. The highest BCUT2D eigenvalue weighted by molar-refractivity contribution is 6.21. The van der Waals surface area contributed by atoms with Gasteiger partial charge in [0.2, 0.25) is 5.91 Å². The highest BCUT2D eigenvalue weighted by Crippen LogP contribution is 2.22. The van der Waals surface area contributed by atoms with Crippen LogP contribution in [0.25, 0.3) is 0 Å². The molecule has 1 heterocycles. The zero-order chi connectivity index (χ0) is 13.8. The van der Waals surface area contributed by atoms with E-state index in [1.807, 2.05) is 0 Å². The molecule has 6 nitrogen and oxygen atoms in total. The Kier molecular flexibility index (Phi) is 3.91. The van der Waals surface area contributed by atoms with Gasteiger partial charge in [-0.05, 0) is 12.1 Å². The van der Waals surface area contributed by atoms with Gasteiger partial charge in [0, 0.05) is 19.5 Å². The van der Waals surface area contributed by atoms with Crippen LogP contribution in [-0.4, -0.2) is 47.4 Å². The summed E-state index contributed by atoms with van der Waals surface area (Å²) in [7, 11) is 0. The summed E-state index contributed by atoms with van der Waals surface area (Å²) in [5.41, 5.74) is 0.756. The van der Waals surface area contributed by atoms with Crippen LogP contribution in [0.3, 0.4) is 0 Å². The summed E-state index contributed by atoms with van der Waals surface area (Å²) in [5, 5.41) is 11.0. The zero-order valence-corrected chi connectivity index (χ0v) is 10.3. The Hall–Kier alpha value is -2.21. The molecule has 1 aromatic rings. The number of carbonyl (C=O) groups excluding carboxylic acids is 3. The molecule has 1 aliphatic rings. The molecule has 100 valence electrons. The van der Waals surface area contributed by atoms with Crippen LogP contribution in [0.1, 0.15) is 27.1 Å². The van der Waals surface area contributed by atoms with Crippen LogP contribution in [-0.2, 0) is 4.79 Å². The second-order valence-electron chi connectivity index (χ2n) is 4.13. The number of nitrogens with zero attached hydrogens (tertiary/aromatic N) is 1. The lowest BCUT2D eigenvalue weighted by Crippen LogP contribution is -2.35. The van der Waals surface area contributed by atoms with Crippen molar-refractivity contribution in [2.45, 2.75) is 6.42 Å². The Labute approximate surface area is 110 Å². The summed E-state index contributed by atoms with van der Waals surface area (Å²) in [6, 6.07) is 6.59. The normalized spacial score (nSPS) is 13.6. The third-order valence-electron chi connectivity index (χ3n) is 2.87. The van der Waals surface area contributed by atoms with Crippen LogP contribution in [0, 0.1) is 0 Å². The highest BCUT2D eigenvalue weighted by Gasteiger charge is 2.34. The molecule has 6 heteroatoms. The monoisotopic (exact) mass is 262 g/mol. The van der Waals surface area contributed by atoms with E-state index < -0.39 is 0 Å². The van der Waals surface area contributed by atoms with E-state index in [2.05, 4.69) is 5.32 Å². The number of benzene rings is 1. The summed E-state index contributed by atoms with van der Waals surface area (Å²) >= 11 is 0. The van der Waals surface area contributed by atoms with Crippen LogP contribution >= 0.6 is 0 Å². The van der Waals surface area contributed by atoms with E-state index in [1.54, 1.807) is 24.3 Å². The van der Waals surface area contributed by atoms with Gasteiger partial charge in [-0.25, -0.2) is 0 Å². The van der Waals surface area contributed by atoms with Gasteiger partial charge in [0.25, 0.3) is 11.8 Å². The Morgan fingerprint density at radius 1 is 1.16 bits per heavy atom. The molecular formula is C13H14N2O4. The van der Waals surface area contributed by atoms with Crippen LogP contribution in [0.2, 0.25) is 0 Å². The minimum absolute atomic E-state index is 0.0332. The molecule has 0 saturated carbocycles. The maximum Gasteiger partial charge on any atom is 0.261 e. The lowest BCUT2D eigenvalue weighted by Gasteiger charge is -2.13. The smallest absolute Gasteiger partial charge is 0.261 e. The fourth-order valence-electron chi connectivity index (χ4n) is 1.94. The van der Waals surface area contributed by atoms with E-state index in [0.717, 1.165) is 4.90 Å². The summed E-state index contributed by atoms with van der Waals surface area (Å²) in [5.74, 6) is -1.03. The molecule has 0 fully saturated rings. The van der Waals surface area contributed by atoms with Crippen molar-refractivity contribution < 1.29 is 19.5 Å². The highest BCUT2D eigenvalue weighted by atomic mass is 16.3. The molecule has 3 amide bonds. The third-order valence-corrected chi connectivity index (χ3v) is 2.87. The number of rotatable bonds is 5. The molecule has 0 saturated heterocycles. The molecule has 0 unspecified atom stereocenters. The topological polar surface area (TPSA) is 86.7 Å². The second-order valence-corrected chi connectivity index (χ2v) is 4.13. The summed E-state index contributed by atoms with van der Waals surface area (Å²) in [6.45, 7) is 0.0727. The van der Waals surface area contributed by atoms with Crippen molar-refractivity contribution in [3.05, 3.63) is 35.4 Å². The van der Waals surface area contributed by atoms with Crippen LogP contribution in [0.15, 0.2) is 24.3 Å². The standard InChI is InChI=1S/C13H14N2O4/c16-8-6-14-11(17)5-7-15-12(18)9-3-1-2-4-10(9)13(15)19/h1-4,16H,5-8H2,(H,14,17). The molecular weight excluding hydrogens is 248 g/mol. The number of carbonyl (C=O) groups is 3. The van der Waals surface area contributed by atoms with Crippen molar-refractivity contribution >= 4 is 17.7 Å². The Morgan fingerprint density at radius 3 is 2.26 bits per heavy atom. The van der Waals surface area contributed by atoms with Crippen molar-refractivity contribution in [3.63, 3.8) is 0 Å². The minimum Gasteiger partial charge on any atom is -0.395 e. The molecule has 0 aromatic heterocycles. The summed E-state index contributed by atoms with van der Waals surface area (Å²) in [4.78, 5) is 36.4. The van der Waals surface area contributed by atoms with Gasteiger partial charge in [0.15, 0.2) is 0 Å². The van der Waals surface area contributed by atoms with Crippen LogP contribution in [0.4, 0.5) is 0 Å². The van der Waals surface area contributed by atoms with E-state index in [1.165, 1.54) is 0 Å². The molecule has 0 aliphatic carbocycles. The number of imide groups is 1. The van der Waals surface area contributed by atoms with Gasteiger partial charge in [-0.2, -0.15) is 0 Å². The van der Waals surface area contributed by atoms with Gasteiger partial charge >= 0.3 is 0 Å². The van der Waals surface area contributed by atoms with Crippen molar-refractivity contribution in [1.82, 2.24) is 10.2 Å². The van der Waals surface area contributed by atoms with Crippen molar-refractivity contribution in [3.8, 4) is 0 Å². The average Bonchev–Trinajstić information content (AvgIpc) is 2.67. The number of aliphatic hydroxyl groups is 1. The van der Waals surface area contributed by atoms with Crippen molar-refractivity contribution in [2.24, 2.45) is 0 Å². The van der Waals surface area contributed by atoms with Gasteiger partial charge in [-0.15, -0.1) is 0 Å². The molecule has 1 aromatic carbocycles. The molecule has 19 heavy (non-hydrogen) atoms. The number of amides is 3. The predicted octanol–water partition coefficient (Wildman–Crippen LogP) is -0.219. The minimum atomic E-state index is -0.365. The van der Waals surface area contributed by atoms with E-state index in [9.17, 15) is 14.4 Å².